The summed E-state index contributed by atoms with van der Waals surface area (Å²) in [6.45, 7) is 1.22. The molecule has 1 aromatic rings. The van der Waals surface area contributed by atoms with Crippen molar-refractivity contribution in [2.24, 2.45) is 0 Å². The fourth-order valence-corrected chi connectivity index (χ4v) is 1.33. The normalized spacial score (nSPS) is 20.0. The van der Waals surface area contributed by atoms with Crippen LogP contribution in [0.15, 0.2) is 30.3 Å². The highest BCUT2D eigenvalue weighted by atomic mass is 16.6. The van der Waals surface area contributed by atoms with E-state index in [0.717, 1.165) is 5.69 Å². The first-order chi connectivity index (χ1) is 6.84. The molecule has 74 valence electrons. The fourth-order valence-electron chi connectivity index (χ4n) is 1.33. The van der Waals surface area contributed by atoms with Gasteiger partial charge in [0.2, 0.25) is 0 Å². The summed E-state index contributed by atoms with van der Waals surface area (Å²) in [5, 5.41) is 5.79. The number of alkyl carbamates (subject to hydrolysis) is 1. The van der Waals surface area contributed by atoms with Crippen LogP contribution in [-0.4, -0.2) is 25.3 Å². The molecule has 1 amide bonds. The van der Waals surface area contributed by atoms with E-state index in [1.54, 1.807) is 0 Å². The van der Waals surface area contributed by atoms with Crippen LogP contribution in [0.2, 0.25) is 0 Å². The Kier molecular flexibility index (Phi) is 2.53. The Morgan fingerprint density at radius 2 is 2.21 bits per heavy atom. The Balaban J connectivity index is 1.80. The van der Waals surface area contributed by atoms with Gasteiger partial charge in [-0.05, 0) is 12.1 Å². The van der Waals surface area contributed by atoms with Gasteiger partial charge in [0.1, 0.15) is 6.10 Å². The molecule has 1 saturated heterocycles. The highest BCUT2D eigenvalue weighted by Gasteiger charge is 2.21. The first-order valence-electron chi connectivity index (χ1n) is 4.58. The quantitative estimate of drug-likeness (QED) is 0.756. The minimum Gasteiger partial charge on any atom is -0.442 e. The van der Waals surface area contributed by atoms with E-state index in [9.17, 15) is 4.79 Å². The SMILES string of the molecule is O=C1NCC(CNc2ccccc2)O1. The summed E-state index contributed by atoms with van der Waals surface area (Å²) in [4.78, 5) is 10.7. The van der Waals surface area contributed by atoms with Gasteiger partial charge in [0.15, 0.2) is 0 Å². The van der Waals surface area contributed by atoms with Gasteiger partial charge in [-0.2, -0.15) is 0 Å². The van der Waals surface area contributed by atoms with E-state index >= 15 is 0 Å². The largest absolute Gasteiger partial charge is 0.442 e. The highest BCUT2D eigenvalue weighted by molar-refractivity contribution is 5.69. The van der Waals surface area contributed by atoms with Crippen molar-refractivity contribution in [3.8, 4) is 0 Å². The average molecular weight is 192 g/mol. The Hall–Kier alpha value is -1.71. The number of para-hydroxylation sites is 1. The number of carbonyl (C=O) groups excluding carboxylic acids is 1. The van der Waals surface area contributed by atoms with Crippen molar-refractivity contribution in [2.75, 3.05) is 18.4 Å². The van der Waals surface area contributed by atoms with Gasteiger partial charge < -0.3 is 15.4 Å². The second kappa shape index (κ2) is 4.00. The van der Waals surface area contributed by atoms with Gasteiger partial charge in [-0.1, -0.05) is 18.2 Å². The van der Waals surface area contributed by atoms with Crippen LogP contribution >= 0.6 is 0 Å². The standard InChI is InChI=1S/C10H12N2O2/c13-10-12-7-9(14-10)6-11-8-4-2-1-3-5-8/h1-5,9,11H,6-7H2,(H,12,13). The van der Waals surface area contributed by atoms with Crippen LogP contribution < -0.4 is 10.6 Å². The molecule has 4 nitrogen and oxygen atoms in total. The molecule has 1 atom stereocenters. The van der Waals surface area contributed by atoms with Crippen molar-refractivity contribution in [1.29, 1.82) is 0 Å². The number of carbonyl (C=O) groups is 1. The molecular formula is C10H12N2O2. The zero-order valence-corrected chi connectivity index (χ0v) is 7.69. The summed E-state index contributed by atoms with van der Waals surface area (Å²) in [6.07, 6.45) is -0.396. The number of anilines is 1. The molecule has 1 unspecified atom stereocenters. The van der Waals surface area contributed by atoms with Crippen molar-refractivity contribution in [3.63, 3.8) is 0 Å². The van der Waals surface area contributed by atoms with Gasteiger partial charge in [0.05, 0.1) is 13.1 Å². The monoisotopic (exact) mass is 192 g/mol. The molecule has 2 rings (SSSR count). The van der Waals surface area contributed by atoms with Gasteiger partial charge in [-0.3, -0.25) is 0 Å². The lowest BCUT2D eigenvalue weighted by molar-refractivity contribution is 0.145. The van der Waals surface area contributed by atoms with E-state index in [1.165, 1.54) is 0 Å². The second-order valence-corrected chi connectivity index (χ2v) is 3.16. The van der Waals surface area contributed by atoms with Crippen molar-refractivity contribution in [1.82, 2.24) is 5.32 Å². The molecule has 2 N–H and O–H groups in total. The van der Waals surface area contributed by atoms with E-state index < -0.39 is 0 Å². The van der Waals surface area contributed by atoms with Crippen molar-refractivity contribution >= 4 is 11.8 Å². The summed E-state index contributed by atoms with van der Waals surface area (Å²) in [5.74, 6) is 0. The molecule has 14 heavy (non-hydrogen) atoms. The van der Waals surface area contributed by atoms with E-state index in [0.29, 0.717) is 13.1 Å². The highest BCUT2D eigenvalue weighted by Crippen LogP contribution is 2.06. The Bertz CT molecular complexity index is 313. The van der Waals surface area contributed by atoms with Crippen molar-refractivity contribution in [3.05, 3.63) is 30.3 Å². The average Bonchev–Trinajstić information content (AvgIpc) is 2.63. The van der Waals surface area contributed by atoms with Crippen molar-refractivity contribution < 1.29 is 9.53 Å². The maximum absolute atomic E-state index is 10.7. The summed E-state index contributed by atoms with van der Waals surface area (Å²) in [6, 6.07) is 9.83. The maximum Gasteiger partial charge on any atom is 0.407 e. The first-order valence-corrected chi connectivity index (χ1v) is 4.58. The third-order valence-electron chi connectivity index (χ3n) is 2.06. The molecule has 1 aromatic carbocycles. The first kappa shape index (κ1) is 8.87. The lowest BCUT2D eigenvalue weighted by atomic mass is 10.3. The molecular weight excluding hydrogens is 180 g/mol. The smallest absolute Gasteiger partial charge is 0.407 e. The van der Waals surface area contributed by atoms with Gasteiger partial charge in [0, 0.05) is 5.69 Å². The number of hydrogen-bond donors (Lipinski definition) is 2. The molecule has 0 bridgehead atoms. The number of nitrogens with one attached hydrogen (secondary N) is 2. The molecule has 1 fully saturated rings. The van der Waals surface area contributed by atoms with Gasteiger partial charge in [0.25, 0.3) is 0 Å². The zero-order valence-electron chi connectivity index (χ0n) is 7.69. The molecule has 0 radical (unpaired) electrons. The number of amides is 1. The molecule has 1 aliphatic heterocycles. The lowest BCUT2D eigenvalue weighted by Gasteiger charge is -2.09. The molecule has 0 spiro atoms. The number of hydrogen-bond acceptors (Lipinski definition) is 3. The summed E-state index contributed by atoms with van der Waals surface area (Å²) < 4.78 is 4.97. The Morgan fingerprint density at radius 1 is 1.43 bits per heavy atom. The molecule has 1 heterocycles. The van der Waals surface area contributed by atoms with Gasteiger partial charge >= 0.3 is 6.09 Å². The zero-order chi connectivity index (χ0) is 9.80. The number of cyclic esters (lactones) is 1. The number of ether oxygens (including phenoxy) is 1. The van der Waals surface area contributed by atoms with Crippen LogP contribution in [-0.2, 0) is 4.74 Å². The van der Waals surface area contributed by atoms with E-state index in [4.69, 9.17) is 4.74 Å². The third kappa shape index (κ3) is 2.16. The fraction of sp³-hybridized carbons (Fsp3) is 0.300. The predicted molar refractivity (Wildman–Crippen MR) is 53.2 cm³/mol. The van der Waals surface area contributed by atoms with Crippen LogP contribution in [0.25, 0.3) is 0 Å². The molecule has 4 heteroatoms. The van der Waals surface area contributed by atoms with Crippen LogP contribution in [0.3, 0.4) is 0 Å². The molecule has 0 saturated carbocycles. The Labute approximate surface area is 82.3 Å². The summed E-state index contributed by atoms with van der Waals surface area (Å²) >= 11 is 0. The van der Waals surface area contributed by atoms with Crippen LogP contribution in [0, 0.1) is 0 Å². The second-order valence-electron chi connectivity index (χ2n) is 3.16. The molecule has 0 aliphatic carbocycles. The van der Waals surface area contributed by atoms with E-state index in [-0.39, 0.29) is 12.2 Å². The van der Waals surface area contributed by atoms with Crippen LogP contribution in [0.1, 0.15) is 0 Å². The van der Waals surface area contributed by atoms with Crippen LogP contribution in [0.5, 0.6) is 0 Å². The van der Waals surface area contributed by atoms with Gasteiger partial charge in [-0.15, -0.1) is 0 Å². The minimum absolute atomic E-state index is 0.0669. The summed E-state index contributed by atoms with van der Waals surface area (Å²) in [7, 11) is 0. The van der Waals surface area contributed by atoms with Crippen molar-refractivity contribution in [2.45, 2.75) is 6.10 Å². The third-order valence-corrected chi connectivity index (χ3v) is 2.06. The predicted octanol–water partition coefficient (Wildman–Crippen LogP) is 1.21. The topological polar surface area (TPSA) is 50.4 Å². The minimum atomic E-state index is -0.329. The number of rotatable bonds is 3. The van der Waals surface area contributed by atoms with Crippen LogP contribution in [0.4, 0.5) is 10.5 Å². The molecule has 0 aromatic heterocycles. The van der Waals surface area contributed by atoms with E-state index in [2.05, 4.69) is 10.6 Å². The van der Waals surface area contributed by atoms with E-state index in [1.807, 2.05) is 30.3 Å². The number of benzene rings is 1. The van der Waals surface area contributed by atoms with Gasteiger partial charge in [-0.25, -0.2) is 4.79 Å². The Morgan fingerprint density at radius 3 is 2.86 bits per heavy atom. The lowest BCUT2D eigenvalue weighted by Crippen LogP contribution is -2.23. The maximum atomic E-state index is 10.7. The summed E-state index contributed by atoms with van der Waals surface area (Å²) in [5.41, 5.74) is 1.04. The molecule has 1 aliphatic rings.